The van der Waals surface area contributed by atoms with Crippen LogP contribution in [0.25, 0.3) is 0 Å². The van der Waals surface area contributed by atoms with Gasteiger partial charge in [0.15, 0.2) is 0 Å². The normalized spacial score (nSPS) is 15.2. The average Bonchev–Trinajstić information content (AvgIpc) is 2.63. The minimum absolute atomic E-state index is 0.0321. The number of aromatic nitrogens is 2. The molecule has 1 aliphatic rings. The minimum Gasteiger partial charge on any atom is -0.354 e. The summed E-state index contributed by atoms with van der Waals surface area (Å²) in [6, 6.07) is 9.89. The van der Waals surface area contributed by atoms with Crippen molar-refractivity contribution in [1.82, 2.24) is 14.9 Å². The fourth-order valence-electron chi connectivity index (χ4n) is 3.07. The Labute approximate surface area is 174 Å². The van der Waals surface area contributed by atoms with Gasteiger partial charge in [-0.25, -0.2) is 9.97 Å². The smallest absolute Gasteiger partial charge is 0.238 e. The molecule has 1 aromatic heterocycles. The fourth-order valence-corrected chi connectivity index (χ4v) is 3.43. The quantitative estimate of drug-likeness (QED) is 0.668. The molecule has 6 nitrogen and oxygen atoms in total. The van der Waals surface area contributed by atoms with Crippen molar-refractivity contribution in [1.29, 1.82) is 0 Å². The van der Waals surface area contributed by atoms with Crippen molar-refractivity contribution in [3.8, 4) is 0 Å². The molecule has 1 fully saturated rings. The summed E-state index contributed by atoms with van der Waals surface area (Å²) in [7, 11) is 0. The first-order chi connectivity index (χ1) is 12.9. The Balaban J connectivity index is 1.53. The number of piperazine rings is 1. The molecule has 144 valence electrons. The second-order valence-corrected chi connectivity index (χ2v) is 8.44. The summed E-state index contributed by atoms with van der Waals surface area (Å²) >= 11 is 2.25. The minimum atomic E-state index is 0.0321. The van der Waals surface area contributed by atoms with Gasteiger partial charge in [0.2, 0.25) is 5.91 Å². The Morgan fingerprint density at radius 1 is 1.15 bits per heavy atom. The first-order valence-electron chi connectivity index (χ1n) is 9.29. The number of halogens is 1. The zero-order valence-electron chi connectivity index (χ0n) is 16.1. The first-order valence-corrected chi connectivity index (χ1v) is 10.4. The summed E-state index contributed by atoms with van der Waals surface area (Å²) in [5, 5.41) is 2.97. The molecule has 2 heterocycles. The second kappa shape index (κ2) is 8.97. The highest BCUT2D eigenvalue weighted by atomic mass is 127. The molecule has 0 saturated carbocycles. The van der Waals surface area contributed by atoms with E-state index in [0.29, 0.717) is 12.5 Å². The molecule has 1 N–H and O–H groups in total. The molecule has 0 aliphatic carbocycles. The summed E-state index contributed by atoms with van der Waals surface area (Å²) in [5.74, 6) is 2.23. The highest BCUT2D eigenvalue weighted by Gasteiger charge is 2.21. The Bertz CT molecular complexity index is 785. The van der Waals surface area contributed by atoms with Crippen LogP contribution in [-0.2, 0) is 4.79 Å². The van der Waals surface area contributed by atoms with E-state index in [1.54, 1.807) is 0 Å². The van der Waals surface area contributed by atoms with Gasteiger partial charge in [0.05, 0.1) is 6.54 Å². The van der Waals surface area contributed by atoms with Gasteiger partial charge in [-0.2, -0.15) is 0 Å². The number of amides is 1. The van der Waals surface area contributed by atoms with E-state index in [9.17, 15) is 4.79 Å². The predicted molar refractivity (Wildman–Crippen MR) is 117 cm³/mol. The number of aryl methyl sites for hydroxylation is 1. The molecule has 0 atom stereocenters. The monoisotopic (exact) mass is 479 g/mol. The number of nitrogens with zero attached hydrogens (tertiary/aromatic N) is 4. The maximum absolute atomic E-state index is 12.3. The average molecular weight is 479 g/mol. The van der Waals surface area contributed by atoms with E-state index >= 15 is 0 Å². The van der Waals surface area contributed by atoms with Gasteiger partial charge in [0.25, 0.3) is 0 Å². The summed E-state index contributed by atoms with van der Waals surface area (Å²) in [5.41, 5.74) is 1.85. The van der Waals surface area contributed by atoms with Gasteiger partial charge in [-0.15, -0.1) is 0 Å². The molecule has 2 aromatic rings. The van der Waals surface area contributed by atoms with Gasteiger partial charge in [-0.05, 0) is 53.8 Å². The number of rotatable bonds is 5. The third-order valence-corrected chi connectivity index (χ3v) is 5.29. The number of hydrogen-bond donors (Lipinski definition) is 1. The molecular weight excluding hydrogens is 453 g/mol. The SMILES string of the molecule is Cc1cc(N2CCN(CC(=O)Nc3ccc(I)cc3)CC2)nc(C(C)C)n1. The van der Waals surface area contributed by atoms with Gasteiger partial charge in [-0.3, -0.25) is 9.69 Å². The summed E-state index contributed by atoms with van der Waals surface area (Å²) in [6.07, 6.45) is 0. The van der Waals surface area contributed by atoms with Crippen LogP contribution in [0.15, 0.2) is 30.3 Å². The molecule has 0 radical (unpaired) electrons. The third-order valence-electron chi connectivity index (χ3n) is 4.57. The van der Waals surface area contributed by atoms with Crippen molar-refractivity contribution in [2.45, 2.75) is 26.7 Å². The molecule has 1 saturated heterocycles. The van der Waals surface area contributed by atoms with Crippen molar-refractivity contribution in [2.75, 3.05) is 42.9 Å². The maximum atomic E-state index is 12.3. The molecule has 0 unspecified atom stereocenters. The van der Waals surface area contributed by atoms with Crippen LogP contribution >= 0.6 is 22.6 Å². The van der Waals surface area contributed by atoms with Gasteiger partial charge >= 0.3 is 0 Å². The van der Waals surface area contributed by atoms with Crippen LogP contribution in [0.5, 0.6) is 0 Å². The second-order valence-electron chi connectivity index (χ2n) is 7.20. The Kier molecular flexibility index (Phi) is 6.64. The Morgan fingerprint density at radius 2 is 1.81 bits per heavy atom. The topological polar surface area (TPSA) is 61.4 Å². The van der Waals surface area contributed by atoms with Crippen LogP contribution in [0.1, 0.15) is 31.3 Å². The van der Waals surface area contributed by atoms with E-state index in [1.165, 1.54) is 0 Å². The molecule has 1 aromatic carbocycles. The zero-order chi connectivity index (χ0) is 19.4. The summed E-state index contributed by atoms with van der Waals surface area (Å²) in [6.45, 7) is 10.1. The fraction of sp³-hybridized carbons (Fsp3) is 0.450. The van der Waals surface area contributed by atoms with Gasteiger partial charge in [0.1, 0.15) is 11.6 Å². The summed E-state index contributed by atoms with van der Waals surface area (Å²) < 4.78 is 1.15. The third kappa shape index (κ3) is 5.62. The number of anilines is 2. The highest BCUT2D eigenvalue weighted by molar-refractivity contribution is 14.1. The molecule has 27 heavy (non-hydrogen) atoms. The van der Waals surface area contributed by atoms with Crippen LogP contribution < -0.4 is 10.2 Å². The molecule has 3 rings (SSSR count). The van der Waals surface area contributed by atoms with Gasteiger partial charge in [-0.1, -0.05) is 13.8 Å². The van der Waals surface area contributed by atoms with Crippen molar-refractivity contribution in [3.63, 3.8) is 0 Å². The van der Waals surface area contributed by atoms with Crippen molar-refractivity contribution in [2.24, 2.45) is 0 Å². The van der Waals surface area contributed by atoms with Gasteiger partial charge < -0.3 is 10.2 Å². The number of nitrogens with one attached hydrogen (secondary N) is 1. The number of benzene rings is 1. The van der Waals surface area contributed by atoms with Crippen molar-refractivity contribution < 1.29 is 4.79 Å². The first kappa shape index (κ1) is 20.0. The van der Waals surface area contributed by atoms with Crippen LogP contribution in [0.2, 0.25) is 0 Å². The van der Waals surface area contributed by atoms with E-state index in [-0.39, 0.29) is 5.91 Å². The van der Waals surface area contributed by atoms with E-state index in [4.69, 9.17) is 4.98 Å². The molecule has 0 spiro atoms. The van der Waals surface area contributed by atoms with E-state index in [0.717, 1.165) is 52.8 Å². The molecule has 1 amide bonds. The molecule has 0 bridgehead atoms. The van der Waals surface area contributed by atoms with Crippen molar-refractivity contribution >= 4 is 40.0 Å². The van der Waals surface area contributed by atoms with Gasteiger partial charge in [0, 0.05) is 53.1 Å². The number of carbonyl (C=O) groups is 1. The van der Waals surface area contributed by atoms with E-state index in [1.807, 2.05) is 37.3 Å². The zero-order valence-corrected chi connectivity index (χ0v) is 18.2. The predicted octanol–water partition coefficient (Wildman–Crippen LogP) is 3.27. The lowest BCUT2D eigenvalue weighted by Gasteiger charge is -2.35. The lowest BCUT2D eigenvalue weighted by molar-refractivity contribution is -0.117. The lowest BCUT2D eigenvalue weighted by atomic mass is 10.2. The largest absolute Gasteiger partial charge is 0.354 e. The maximum Gasteiger partial charge on any atom is 0.238 e. The van der Waals surface area contributed by atoms with Crippen molar-refractivity contribution in [3.05, 3.63) is 45.4 Å². The standard InChI is InChI=1S/C20H26IN5O/c1-14(2)20-22-15(3)12-18(24-20)26-10-8-25(9-11-26)13-19(27)23-17-6-4-16(21)5-7-17/h4-7,12,14H,8-11,13H2,1-3H3,(H,23,27). The van der Waals surface area contributed by atoms with Crippen LogP contribution in [-0.4, -0.2) is 53.5 Å². The molecule has 7 heteroatoms. The number of carbonyl (C=O) groups excluding carboxylic acids is 1. The Morgan fingerprint density at radius 3 is 2.44 bits per heavy atom. The van der Waals surface area contributed by atoms with E-state index < -0.39 is 0 Å². The van der Waals surface area contributed by atoms with Crippen LogP contribution in [0.3, 0.4) is 0 Å². The van der Waals surface area contributed by atoms with Crippen LogP contribution in [0, 0.1) is 10.5 Å². The van der Waals surface area contributed by atoms with E-state index in [2.05, 4.69) is 56.5 Å². The molecular formula is C20H26IN5O. The molecule has 1 aliphatic heterocycles. The lowest BCUT2D eigenvalue weighted by Crippen LogP contribution is -2.49. The highest BCUT2D eigenvalue weighted by Crippen LogP contribution is 2.19. The van der Waals surface area contributed by atoms with Crippen LogP contribution in [0.4, 0.5) is 11.5 Å². The summed E-state index contributed by atoms with van der Waals surface area (Å²) in [4.78, 5) is 26.0. The Hall–Kier alpha value is -1.74. The number of hydrogen-bond acceptors (Lipinski definition) is 5.